The van der Waals surface area contributed by atoms with E-state index in [-0.39, 0.29) is 29.4 Å². The minimum absolute atomic E-state index is 0.133. The Balaban J connectivity index is 1.67. The highest BCUT2D eigenvalue weighted by Gasteiger charge is 2.33. The van der Waals surface area contributed by atoms with Crippen molar-refractivity contribution in [3.63, 3.8) is 0 Å². The zero-order valence-corrected chi connectivity index (χ0v) is 19.7. The Morgan fingerprint density at radius 1 is 1.22 bits per heavy atom. The second-order valence-corrected chi connectivity index (χ2v) is 8.85. The molecular weight excluding hydrogens is 407 g/mol. The predicted molar refractivity (Wildman–Crippen MR) is 126 cm³/mol. The molecule has 1 aliphatic heterocycles. The van der Waals surface area contributed by atoms with Crippen LogP contribution in [0, 0.1) is 18.7 Å². The number of amides is 2. The average Bonchev–Trinajstić information content (AvgIpc) is 3.30. The Kier molecular flexibility index (Phi) is 8.18. The fourth-order valence-electron chi connectivity index (χ4n) is 4.77. The number of benzene rings is 1. The second kappa shape index (κ2) is 10.9. The van der Waals surface area contributed by atoms with E-state index in [1.165, 1.54) is 12.1 Å². The minimum atomic E-state index is -0.384. The van der Waals surface area contributed by atoms with Crippen molar-refractivity contribution in [1.29, 1.82) is 0 Å². The van der Waals surface area contributed by atoms with Crippen LogP contribution in [-0.2, 0) is 16.1 Å². The highest BCUT2D eigenvalue weighted by Crippen LogP contribution is 2.29. The molecule has 0 radical (unpaired) electrons. The van der Waals surface area contributed by atoms with E-state index < -0.39 is 0 Å². The van der Waals surface area contributed by atoms with Gasteiger partial charge in [0.05, 0.1) is 0 Å². The van der Waals surface area contributed by atoms with Crippen LogP contribution in [0.2, 0.25) is 0 Å². The standard InChI is InChI=1S/C25H35FN4O2/c1-5-22(27-6-2)24(31)28-23-14-21(26)13-20(18(23)4)16-29-11-12-30(17(3)15-29)25(32)19-9-7-8-10-19/h5-6,13-14,17,19H,7-12,15-16H2,1-4H3,(H,28,31)/b22-5-,27-6-/t17-/m0/s1. The van der Waals surface area contributed by atoms with E-state index in [1.54, 1.807) is 26.1 Å². The predicted octanol–water partition coefficient (Wildman–Crippen LogP) is 4.29. The molecule has 7 heteroatoms. The molecule has 0 aromatic heterocycles. The first-order valence-electron chi connectivity index (χ1n) is 11.6. The first-order chi connectivity index (χ1) is 15.3. The Bertz CT molecular complexity index is 905. The van der Waals surface area contributed by atoms with Gasteiger partial charge < -0.3 is 10.2 Å². The van der Waals surface area contributed by atoms with Gasteiger partial charge in [0.25, 0.3) is 5.91 Å². The molecule has 1 N–H and O–H groups in total. The van der Waals surface area contributed by atoms with Crippen LogP contribution in [-0.4, -0.2) is 53.5 Å². The Morgan fingerprint density at radius 2 is 1.94 bits per heavy atom. The highest BCUT2D eigenvalue weighted by molar-refractivity contribution is 6.04. The molecule has 2 fully saturated rings. The number of nitrogens with one attached hydrogen (secondary N) is 1. The van der Waals surface area contributed by atoms with E-state index in [9.17, 15) is 14.0 Å². The lowest BCUT2D eigenvalue weighted by Crippen LogP contribution is -2.54. The number of halogens is 1. The monoisotopic (exact) mass is 442 g/mol. The van der Waals surface area contributed by atoms with E-state index in [0.29, 0.717) is 24.7 Å². The molecule has 6 nitrogen and oxygen atoms in total. The number of nitrogens with zero attached hydrogens (tertiary/aromatic N) is 3. The lowest BCUT2D eigenvalue weighted by molar-refractivity contribution is -0.140. The maximum Gasteiger partial charge on any atom is 0.273 e. The van der Waals surface area contributed by atoms with Crippen LogP contribution in [0.15, 0.2) is 28.9 Å². The summed E-state index contributed by atoms with van der Waals surface area (Å²) in [6.45, 7) is 10.3. The quantitative estimate of drug-likeness (QED) is 0.528. The molecule has 2 aliphatic rings. The molecule has 1 saturated carbocycles. The van der Waals surface area contributed by atoms with E-state index >= 15 is 0 Å². The molecule has 174 valence electrons. The molecule has 0 spiro atoms. The summed E-state index contributed by atoms with van der Waals surface area (Å²) in [6, 6.07) is 3.02. The first-order valence-corrected chi connectivity index (χ1v) is 11.6. The molecule has 3 rings (SSSR count). The van der Waals surface area contributed by atoms with Crippen LogP contribution in [0.3, 0.4) is 0 Å². The molecule has 1 aromatic rings. The Hall–Kier alpha value is -2.54. The number of hydrogen-bond acceptors (Lipinski definition) is 4. The summed E-state index contributed by atoms with van der Waals surface area (Å²) in [5.74, 6) is -0.251. The number of hydrogen-bond donors (Lipinski definition) is 1. The van der Waals surface area contributed by atoms with Crippen molar-refractivity contribution < 1.29 is 14.0 Å². The third-order valence-electron chi connectivity index (χ3n) is 6.60. The lowest BCUT2D eigenvalue weighted by atomic mass is 10.0. The number of aliphatic imine (C=N–C) groups is 1. The molecule has 32 heavy (non-hydrogen) atoms. The summed E-state index contributed by atoms with van der Waals surface area (Å²) in [4.78, 5) is 33.7. The summed E-state index contributed by atoms with van der Waals surface area (Å²) in [7, 11) is 0. The summed E-state index contributed by atoms with van der Waals surface area (Å²) in [5, 5.41) is 2.79. The van der Waals surface area contributed by atoms with Gasteiger partial charge in [-0.15, -0.1) is 0 Å². The van der Waals surface area contributed by atoms with Gasteiger partial charge >= 0.3 is 0 Å². The van der Waals surface area contributed by atoms with Crippen molar-refractivity contribution in [2.75, 3.05) is 25.0 Å². The largest absolute Gasteiger partial charge is 0.337 e. The molecule has 0 unspecified atom stereocenters. The van der Waals surface area contributed by atoms with Crippen LogP contribution in [0.4, 0.5) is 10.1 Å². The van der Waals surface area contributed by atoms with Gasteiger partial charge in [-0.05, 0) is 63.8 Å². The number of allylic oxidation sites excluding steroid dienone is 1. The maximum atomic E-state index is 14.4. The zero-order valence-electron chi connectivity index (χ0n) is 19.7. The van der Waals surface area contributed by atoms with Crippen LogP contribution in [0.1, 0.15) is 57.6 Å². The second-order valence-electron chi connectivity index (χ2n) is 8.85. The van der Waals surface area contributed by atoms with Crippen LogP contribution >= 0.6 is 0 Å². The molecule has 2 amide bonds. The van der Waals surface area contributed by atoms with Crippen molar-refractivity contribution in [2.24, 2.45) is 10.9 Å². The van der Waals surface area contributed by atoms with Gasteiger partial charge in [-0.1, -0.05) is 18.9 Å². The minimum Gasteiger partial charge on any atom is -0.337 e. The van der Waals surface area contributed by atoms with E-state index in [1.807, 2.05) is 11.8 Å². The van der Waals surface area contributed by atoms with Crippen molar-refractivity contribution in [1.82, 2.24) is 9.80 Å². The summed E-state index contributed by atoms with van der Waals surface area (Å²) in [5.41, 5.74) is 2.42. The first kappa shape index (κ1) is 24.1. The van der Waals surface area contributed by atoms with E-state index in [2.05, 4.69) is 22.1 Å². The van der Waals surface area contributed by atoms with Crippen molar-refractivity contribution in [3.8, 4) is 0 Å². The molecule has 0 bridgehead atoms. The summed E-state index contributed by atoms with van der Waals surface area (Å²) >= 11 is 0. The fourth-order valence-corrected chi connectivity index (χ4v) is 4.77. The van der Waals surface area contributed by atoms with Gasteiger partial charge in [-0.2, -0.15) is 0 Å². The molecule has 1 saturated heterocycles. The summed E-state index contributed by atoms with van der Waals surface area (Å²) in [6.07, 6.45) is 7.52. The van der Waals surface area contributed by atoms with Crippen molar-refractivity contribution in [2.45, 2.75) is 66.0 Å². The van der Waals surface area contributed by atoms with Gasteiger partial charge in [0.2, 0.25) is 5.91 Å². The molecule has 1 aromatic carbocycles. The summed E-state index contributed by atoms with van der Waals surface area (Å²) < 4.78 is 14.4. The smallest absolute Gasteiger partial charge is 0.273 e. The molecule has 1 atom stereocenters. The normalized spacial score (nSPS) is 20.8. The maximum absolute atomic E-state index is 14.4. The number of piperazine rings is 1. The zero-order chi connectivity index (χ0) is 23.3. The van der Waals surface area contributed by atoms with Gasteiger partial charge in [-0.25, -0.2) is 4.39 Å². The average molecular weight is 443 g/mol. The Morgan fingerprint density at radius 3 is 2.56 bits per heavy atom. The molecule has 1 aliphatic carbocycles. The third kappa shape index (κ3) is 5.63. The topological polar surface area (TPSA) is 65.0 Å². The van der Waals surface area contributed by atoms with Crippen molar-refractivity contribution >= 4 is 23.7 Å². The van der Waals surface area contributed by atoms with E-state index in [4.69, 9.17) is 0 Å². The number of anilines is 1. The van der Waals surface area contributed by atoms with Gasteiger partial charge in [0, 0.05) is 50.0 Å². The van der Waals surface area contributed by atoms with Crippen LogP contribution in [0.5, 0.6) is 0 Å². The highest BCUT2D eigenvalue weighted by atomic mass is 19.1. The third-order valence-corrected chi connectivity index (χ3v) is 6.60. The lowest BCUT2D eigenvalue weighted by Gasteiger charge is -2.41. The van der Waals surface area contributed by atoms with Gasteiger partial charge in [-0.3, -0.25) is 19.5 Å². The fraction of sp³-hybridized carbons (Fsp3) is 0.560. The number of rotatable bonds is 6. The van der Waals surface area contributed by atoms with Gasteiger partial charge in [0.1, 0.15) is 11.5 Å². The number of carbonyl (C=O) groups excluding carboxylic acids is 2. The van der Waals surface area contributed by atoms with Crippen molar-refractivity contribution in [3.05, 3.63) is 40.8 Å². The molecule has 1 heterocycles. The SMILES string of the molecule is C/C=N\C(=C/C)C(=O)Nc1cc(F)cc(CN2CCN(C(=O)C3CCCC3)[C@@H](C)C2)c1C. The molecular formula is C25H35FN4O2. The van der Waals surface area contributed by atoms with Crippen LogP contribution in [0.25, 0.3) is 0 Å². The number of carbonyl (C=O) groups is 2. The van der Waals surface area contributed by atoms with Crippen LogP contribution < -0.4 is 5.32 Å². The van der Waals surface area contributed by atoms with E-state index in [0.717, 1.165) is 49.9 Å². The van der Waals surface area contributed by atoms with Gasteiger partial charge in [0.15, 0.2) is 0 Å². The Labute approximate surface area is 190 Å².